The summed E-state index contributed by atoms with van der Waals surface area (Å²) >= 11 is 0. The maximum Gasteiger partial charge on any atom is 0.306 e. The molecule has 1 unspecified atom stereocenters. The third kappa shape index (κ3) is 63.7. The van der Waals surface area contributed by atoms with Crippen molar-refractivity contribution in [1.29, 1.82) is 0 Å². The molecular weight excluding hydrogens is 961 g/mol. The van der Waals surface area contributed by atoms with Crippen LogP contribution in [0.5, 0.6) is 0 Å². The zero-order valence-corrected chi connectivity index (χ0v) is 51.9. The fraction of sp³-hybridized carbons (Fsp3) is 0.792. The lowest BCUT2D eigenvalue weighted by Gasteiger charge is -2.18. The zero-order valence-electron chi connectivity index (χ0n) is 51.9. The third-order valence-corrected chi connectivity index (χ3v) is 15.0. The van der Waals surface area contributed by atoms with Gasteiger partial charge in [0, 0.05) is 19.3 Å². The standard InChI is InChI=1S/C72H128O6/c1-4-7-10-13-16-19-22-25-27-29-31-33-35-36-38-39-41-43-45-47-50-53-56-59-62-65-71(74)77-68-69(67-76-70(73)64-61-58-55-52-49-24-21-18-15-12-9-6-3)78-72(75)66-63-60-57-54-51-48-46-44-42-40-37-34-32-30-28-26-23-20-17-14-11-8-5-2/h7,10,16,19,25,27,31,33,36,38,41,43,69H,4-6,8-9,11-15,17-18,20-24,26,28-30,32,34-35,37,39-40,42,44-68H2,1-3H3/b10-7-,19-16-,27-25-,33-31-,38-36-,43-41-. The summed E-state index contributed by atoms with van der Waals surface area (Å²) in [7, 11) is 0. The van der Waals surface area contributed by atoms with Crippen LogP contribution in [0.15, 0.2) is 72.9 Å². The van der Waals surface area contributed by atoms with Crippen molar-refractivity contribution in [3.8, 4) is 0 Å². The predicted molar refractivity (Wildman–Crippen MR) is 339 cm³/mol. The maximum atomic E-state index is 12.9. The summed E-state index contributed by atoms with van der Waals surface area (Å²) in [4.78, 5) is 38.4. The second-order valence-corrected chi connectivity index (χ2v) is 22.7. The minimum Gasteiger partial charge on any atom is -0.462 e. The maximum absolute atomic E-state index is 12.9. The van der Waals surface area contributed by atoms with Gasteiger partial charge in [-0.2, -0.15) is 0 Å². The van der Waals surface area contributed by atoms with Crippen molar-refractivity contribution < 1.29 is 28.6 Å². The van der Waals surface area contributed by atoms with E-state index in [0.29, 0.717) is 19.3 Å². The lowest BCUT2D eigenvalue weighted by Crippen LogP contribution is -2.30. The van der Waals surface area contributed by atoms with Gasteiger partial charge in [0.25, 0.3) is 0 Å². The predicted octanol–water partition coefficient (Wildman–Crippen LogP) is 23.3. The molecule has 6 heteroatoms. The first-order chi connectivity index (χ1) is 38.5. The second kappa shape index (κ2) is 66.4. The highest BCUT2D eigenvalue weighted by Crippen LogP contribution is 2.18. The van der Waals surface area contributed by atoms with Crippen LogP contribution in [0.25, 0.3) is 0 Å². The van der Waals surface area contributed by atoms with Gasteiger partial charge >= 0.3 is 17.9 Å². The van der Waals surface area contributed by atoms with Gasteiger partial charge in [-0.25, -0.2) is 0 Å². The van der Waals surface area contributed by atoms with E-state index in [-0.39, 0.29) is 31.1 Å². The van der Waals surface area contributed by atoms with Gasteiger partial charge in [0.05, 0.1) is 0 Å². The molecule has 452 valence electrons. The minimum atomic E-state index is -0.780. The molecule has 0 heterocycles. The summed E-state index contributed by atoms with van der Waals surface area (Å²) in [6, 6.07) is 0. The number of carbonyl (C=O) groups excluding carboxylic acids is 3. The number of allylic oxidation sites excluding steroid dienone is 12. The molecule has 0 aromatic rings. The Bertz CT molecular complexity index is 1440. The van der Waals surface area contributed by atoms with E-state index in [1.165, 1.54) is 205 Å². The third-order valence-electron chi connectivity index (χ3n) is 15.0. The number of hydrogen-bond acceptors (Lipinski definition) is 6. The molecule has 0 aliphatic rings. The van der Waals surface area contributed by atoms with Crippen LogP contribution in [0.2, 0.25) is 0 Å². The van der Waals surface area contributed by atoms with Crippen LogP contribution in [0.3, 0.4) is 0 Å². The summed E-state index contributed by atoms with van der Waals surface area (Å²) in [5.74, 6) is -0.870. The lowest BCUT2D eigenvalue weighted by atomic mass is 10.0. The first kappa shape index (κ1) is 74.8. The Hall–Kier alpha value is -3.15. The van der Waals surface area contributed by atoms with Crippen LogP contribution >= 0.6 is 0 Å². The fourth-order valence-electron chi connectivity index (χ4n) is 9.92. The van der Waals surface area contributed by atoms with E-state index < -0.39 is 6.10 Å². The molecule has 0 aromatic carbocycles. The van der Waals surface area contributed by atoms with Crippen LogP contribution in [0.1, 0.15) is 348 Å². The van der Waals surface area contributed by atoms with E-state index in [4.69, 9.17) is 14.2 Å². The molecule has 0 aliphatic carbocycles. The Labute approximate surface area is 484 Å². The van der Waals surface area contributed by atoms with E-state index in [1.54, 1.807) is 0 Å². The second-order valence-electron chi connectivity index (χ2n) is 22.7. The van der Waals surface area contributed by atoms with Gasteiger partial charge in [-0.1, -0.05) is 331 Å². The first-order valence-corrected chi connectivity index (χ1v) is 33.9. The number of hydrogen-bond donors (Lipinski definition) is 0. The topological polar surface area (TPSA) is 78.9 Å². The van der Waals surface area contributed by atoms with Crippen molar-refractivity contribution in [2.24, 2.45) is 0 Å². The monoisotopic (exact) mass is 1090 g/mol. The molecule has 0 spiro atoms. The molecule has 0 saturated heterocycles. The molecule has 0 rings (SSSR count). The normalized spacial score (nSPS) is 12.5. The Balaban J connectivity index is 4.29. The highest BCUT2D eigenvalue weighted by molar-refractivity contribution is 5.71. The van der Waals surface area contributed by atoms with E-state index in [1.807, 2.05) is 0 Å². The number of rotatable bonds is 62. The molecule has 0 saturated carbocycles. The van der Waals surface area contributed by atoms with Crippen LogP contribution in [0.4, 0.5) is 0 Å². The molecular formula is C72H128O6. The molecule has 1 atom stereocenters. The van der Waals surface area contributed by atoms with Crippen molar-refractivity contribution in [2.45, 2.75) is 354 Å². The van der Waals surface area contributed by atoms with Gasteiger partial charge in [-0.15, -0.1) is 0 Å². The quantitative estimate of drug-likeness (QED) is 0.0261. The summed E-state index contributed by atoms with van der Waals surface area (Å²) in [6.45, 7) is 6.56. The summed E-state index contributed by atoms with van der Waals surface area (Å²) in [5, 5.41) is 0. The van der Waals surface area contributed by atoms with E-state index >= 15 is 0 Å². The van der Waals surface area contributed by atoms with E-state index in [0.717, 1.165) is 103 Å². The Kier molecular flexibility index (Phi) is 63.7. The van der Waals surface area contributed by atoms with Gasteiger partial charge in [0.15, 0.2) is 6.10 Å². The van der Waals surface area contributed by atoms with E-state index in [2.05, 4.69) is 93.7 Å². The van der Waals surface area contributed by atoms with Gasteiger partial charge in [-0.05, 0) is 70.6 Å². The van der Waals surface area contributed by atoms with Crippen LogP contribution in [-0.2, 0) is 28.6 Å². The average molecular weight is 1090 g/mol. The van der Waals surface area contributed by atoms with Crippen LogP contribution in [-0.4, -0.2) is 37.2 Å². The summed E-state index contributed by atoms with van der Waals surface area (Å²) in [6.07, 6.45) is 86.3. The van der Waals surface area contributed by atoms with Crippen molar-refractivity contribution >= 4 is 17.9 Å². The smallest absolute Gasteiger partial charge is 0.306 e. The first-order valence-electron chi connectivity index (χ1n) is 33.9. The molecule has 0 aliphatic heterocycles. The molecule has 0 bridgehead atoms. The Morgan fingerprint density at radius 2 is 0.500 bits per heavy atom. The van der Waals surface area contributed by atoms with Crippen molar-refractivity contribution in [1.82, 2.24) is 0 Å². The number of unbranched alkanes of at least 4 members (excludes halogenated alkanes) is 39. The van der Waals surface area contributed by atoms with E-state index in [9.17, 15) is 14.4 Å². The van der Waals surface area contributed by atoms with Crippen LogP contribution in [0, 0.1) is 0 Å². The van der Waals surface area contributed by atoms with Crippen LogP contribution < -0.4 is 0 Å². The highest BCUT2D eigenvalue weighted by atomic mass is 16.6. The van der Waals surface area contributed by atoms with Gasteiger partial charge < -0.3 is 14.2 Å². The summed E-state index contributed by atoms with van der Waals surface area (Å²) in [5.41, 5.74) is 0. The molecule has 0 radical (unpaired) electrons. The average Bonchev–Trinajstić information content (AvgIpc) is 3.44. The Morgan fingerprint density at radius 3 is 0.782 bits per heavy atom. The van der Waals surface area contributed by atoms with Crippen molar-refractivity contribution in [3.63, 3.8) is 0 Å². The van der Waals surface area contributed by atoms with Gasteiger partial charge in [-0.3, -0.25) is 14.4 Å². The zero-order chi connectivity index (χ0) is 56.4. The largest absolute Gasteiger partial charge is 0.462 e. The number of ether oxygens (including phenoxy) is 3. The lowest BCUT2D eigenvalue weighted by molar-refractivity contribution is -0.167. The Morgan fingerprint density at radius 1 is 0.269 bits per heavy atom. The minimum absolute atomic E-state index is 0.0753. The molecule has 0 aromatic heterocycles. The summed E-state index contributed by atoms with van der Waals surface area (Å²) < 4.78 is 17.0. The molecule has 0 amide bonds. The van der Waals surface area contributed by atoms with Gasteiger partial charge in [0.2, 0.25) is 0 Å². The number of carbonyl (C=O) groups is 3. The van der Waals surface area contributed by atoms with Gasteiger partial charge in [0.1, 0.15) is 13.2 Å². The fourth-order valence-corrected chi connectivity index (χ4v) is 9.92. The van der Waals surface area contributed by atoms with Crippen molar-refractivity contribution in [2.75, 3.05) is 13.2 Å². The molecule has 0 fully saturated rings. The SMILES string of the molecule is CC/C=C\C/C=C\C/C=C\C/C=C\C/C=C\C/C=C\CCCCCCCCC(=O)OCC(COC(=O)CCCCCCCCCCCCCC)OC(=O)CCCCCCCCCCCCCCCCCCCCCCCCC. The molecule has 6 nitrogen and oxygen atoms in total. The molecule has 0 N–H and O–H groups in total. The molecule has 78 heavy (non-hydrogen) atoms. The number of esters is 3. The highest BCUT2D eigenvalue weighted by Gasteiger charge is 2.19. The van der Waals surface area contributed by atoms with Crippen molar-refractivity contribution in [3.05, 3.63) is 72.9 Å².